The van der Waals surface area contributed by atoms with Crippen LogP contribution in [-0.2, 0) is 9.59 Å². The van der Waals surface area contributed by atoms with Crippen LogP contribution >= 0.6 is 0 Å². The van der Waals surface area contributed by atoms with Crippen LogP contribution in [0.15, 0.2) is 24.3 Å². The van der Waals surface area contributed by atoms with E-state index in [2.05, 4.69) is 16.0 Å². The van der Waals surface area contributed by atoms with Crippen LogP contribution < -0.4 is 20.9 Å². The van der Waals surface area contributed by atoms with Crippen molar-refractivity contribution in [1.29, 1.82) is 0 Å². The molecule has 1 aliphatic heterocycles. The number of rotatable bonds is 4. The lowest BCUT2D eigenvalue weighted by molar-refractivity contribution is -0.130. The molecule has 3 N–H and O–H groups in total. The SMILES string of the molecule is CC(C)(C)C(=O)NCC(=O)Nc1ccc(N2CCNC2=O)cc1. The van der Waals surface area contributed by atoms with E-state index in [1.165, 1.54) is 0 Å². The van der Waals surface area contributed by atoms with Crippen LogP contribution in [0.2, 0.25) is 0 Å². The summed E-state index contributed by atoms with van der Waals surface area (Å²) in [7, 11) is 0. The molecule has 7 heteroatoms. The average molecular weight is 318 g/mol. The lowest BCUT2D eigenvalue weighted by Gasteiger charge is -2.17. The minimum Gasteiger partial charge on any atom is -0.347 e. The number of hydrogen-bond donors (Lipinski definition) is 3. The molecule has 2 rings (SSSR count). The molecule has 4 amide bonds. The number of urea groups is 1. The minimum atomic E-state index is -0.530. The van der Waals surface area contributed by atoms with Crippen molar-refractivity contribution in [2.24, 2.45) is 5.41 Å². The summed E-state index contributed by atoms with van der Waals surface area (Å²) in [6.07, 6.45) is 0. The molecule has 0 spiro atoms. The van der Waals surface area contributed by atoms with E-state index in [1.54, 1.807) is 49.9 Å². The second-order valence-electron chi connectivity index (χ2n) is 6.41. The van der Waals surface area contributed by atoms with E-state index < -0.39 is 5.41 Å². The maximum atomic E-state index is 11.8. The second-order valence-corrected chi connectivity index (χ2v) is 6.41. The molecular formula is C16H22N4O3. The third kappa shape index (κ3) is 4.45. The summed E-state index contributed by atoms with van der Waals surface area (Å²) >= 11 is 0. The molecule has 0 atom stereocenters. The first-order valence-electron chi connectivity index (χ1n) is 7.51. The first-order chi connectivity index (χ1) is 10.8. The number of anilines is 2. The van der Waals surface area contributed by atoms with Gasteiger partial charge in [0.05, 0.1) is 6.54 Å². The highest BCUT2D eigenvalue weighted by Gasteiger charge is 2.22. The Kier molecular flexibility index (Phi) is 4.88. The minimum absolute atomic E-state index is 0.0770. The summed E-state index contributed by atoms with van der Waals surface area (Å²) in [5.41, 5.74) is 0.862. The largest absolute Gasteiger partial charge is 0.347 e. The highest BCUT2D eigenvalue weighted by molar-refractivity contribution is 5.96. The lowest BCUT2D eigenvalue weighted by Crippen LogP contribution is -2.39. The molecule has 1 aromatic rings. The summed E-state index contributed by atoms with van der Waals surface area (Å²) < 4.78 is 0. The third-order valence-corrected chi connectivity index (χ3v) is 3.41. The summed E-state index contributed by atoms with van der Waals surface area (Å²) in [5.74, 6) is -0.475. The van der Waals surface area contributed by atoms with Crippen molar-refractivity contribution >= 4 is 29.2 Å². The van der Waals surface area contributed by atoms with Gasteiger partial charge in [0.25, 0.3) is 0 Å². The van der Waals surface area contributed by atoms with Crippen LogP contribution in [0.3, 0.4) is 0 Å². The van der Waals surface area contributed by atoms with Gasteiger partial charge in [-0.15, -0.1) is 0 Å². The number of hydrogen-bond acceptors (Lipinski definition) is 3. The van der Waals surface area contributed by atoms with E-state index in [0.29, 0.717) is 18.8 Å². The zero-order chi connectivity index (χ0) is 17.0. The van der Waals surface area contributed by atoms with E-state index in [9.17, 15) is 14.4 Å². The molecule has 0 aliphatic carbocycles. The molecule has 1 aromatic carbocycles. The maximum absolute atomic E-state index is 11.8. The van der Waals surface area contributed by atoms with Crippen molar-refractivity contribution in [3.63, 3.8) is 0 Å². The van der Waals surface area contributed by atoms with E-state index in [-0.39, 0.29) is 24.4 Å². The Hall–Kier alpha value is -2.57. The van der Waals surface area contributed by atoms with Gasteiger partial charge in [-0.2, -0.15) is 0 Å². The van der Waals surface area contributed by atoms with Gasteiger partial charge in [0.15, 0.2) is 0 Å². The molecule has 0 bridgehead atoms. The predicted molar refractivity (Wildman–Crippen MR) is 88.3 cm³/mol. The zero-order valence-electron chi connectivity index (χ0n) is 13.6. The van der Waals surface area contributed by atoms with Gasteiger partial charge in [-0.25, -0.2) is 4.79 Å². The fourth-order valence-corrected chi connectivity index (χ4v) is 2.07. The first-order valence-corrected chi connectivity index (χ1v) is 7.51. The Morgan fingerprint density at radius 2 is 1.87 bits per heavy atom. The fourth-order valence-electron chi connectivity index (χ4n) is 2.07. The van der Waals surface area contributed by atoms with Crippen molar-refractivity contribution in [2.75, 3.05) is 29.9 Å². The van der Waals surface area contributed by atoms with Gasteiger partial charge in [-0.1, -0.05) is 20.8 Å². The van der Waals surface area contributed by atoms with Crippen molar-refractivity contribution in [3.05, 3.63) is 24.3 Å². The van der Waals surface area contributed by atoms with Crippen LogP contribution in [-0.4, -0.2) is 37.5 Å². The van der Waals surface area contributed by atoms with Gasteiger partial charge in [0.2, 0.25) is 11.8 Å². The van der Waals surface area contributed by atoms with Crippen molar-refractivity contribution in [2.45, 2.75) is 20.8 Å². The molecule has 1 heterocycles. The normalized spacial score (nSPS) is 14.4. The number of benzene rings is 1. The van der Waals surface area contributed by atoms with Crippen LogP contribution in [0.1, 0.15) is 20.8 Å². The molecule has 23 heavy (non-hydrogen) atoms. The molecule has 124 valence electrons. The Labute approximate surface area is 135 Å². The lowest BCUT2D eigenvalue weighted by atomic mass is 9.96. The molecule has 0 unspecified atom stereocenters. The van der Waals surface area contributed by atoms with Gasteiger partial charge >= 0.3 is 6.03 Å². The molecular weight excluding hydrogens is 296 g/mol. The first kappa shape index (κ1) is 16.8. The second kappa shape index (κ2) is 6.68. The summed E-state index contributed by atoms with van der Waals surface area (Å²) in [5, 5.41) is 8.03. The van der Waals surface area contributed by atoms with Crippen molar-refractivity contribution < 1.29 is 14.4 Å². The number of amides is 4. The molecule has 1 aliphatic rings. The Balaban J connectivity index is 1.87. The molecule has 1 saturated heterocycles. The number of carbonyl (C=O) groups is 3. The number of carbonyl (C=O) groups excluding carboxylic acids is 3. The van der Waals surface area contributed by atoms with Gasteiger partial charge < -0.3 is 16.0 Å². The quantitative estimate of drug-likeness (QED) is 0.782. The smallest absolute Gasteiger partial charge is 0.321 e. The van der Waals surface area contributed by atoms with Gasteiger partial charge in [-0.05, 0) is 24.3 Å². The third-order valence-electron chi connectivity index (χ3n) is 3.41. The highest BCUT2D eigenvalue weighted by Crippen LogP contribution is 2.19. The highest BCUT2D eigenvalue weighted by atomic mass is 16.2. The average Bonchev–Trinajstić information content (AvgIpc) is 2.91. The predicted octanol–water partition coefficient (Wildman–Crippen LogP) is 1.32. The van der Waals surface area contributed by atoms with E-state index in [1.807, 2.05) is 0 Å². The monoisotopic (exact) mass is 318 g/mol. The topological polar surface area (TPSA) is 90.5 Å². The van der Waals surface area contributed by atoms with Crippen LogP contribution in [0.25, 0.3) is 0 Å². The van der Waals surface area contributed by atoms with E-state index >= 15 is 0 Å². The Morgan fingerprint density at radius 1 is 1.22 bits per heavy atom. The fraction of sp³-hybridized carbons (Fsp3) is 0.438. The van der Waals surface area contributed by atoms with Gasteiger partial charge in [0, 0.05) is 29.9 Å². The van der Waals surface area contributed by atoms with E-state index in [4.69, 9.17) is 0 Å². The Morgan fingerprint density at radius 3 is 2.39 bits per heavy atom. The summed E-state index contributed by atoms with van der Waals surface area (Å²) in [6.45, 7) is 6.54. The molecule has 1 fully saturated rings. The summed E-state index contributed by atoms with van der Waals surface area (Å²) in [6, 6.07) is 6.88. The molecule has 0 saturated carbocycles. The van der Waals surface area contributed by atoms with Gasteiger partial charge in [-0.3, -0.25) is 14.5 Å². The van der Waals surface area contributed by atoms with Crippen molar-refractivity contribution in [3.8, 4) is 0 Å². The maximum Gasteiger partial charge on any atom is 0.321 e. The zero-order valence-corrected chi connectivity index (χ0v) is 13.6. The standard InChI is InChI=1S/C16H22N4O3/c1-16(2,3)14(22)18-10-13(21)19-11-4-6-12(7-5-11)20-9-8-17-15(20)23/h4-7H,8-10H2,1-3H3,(H,17,23)(H,18,22)(H,19,21). The molecule has 0 aromatic heterocycles. The number of nitrogens with one attached hydrogen (secondary N) is 3. The van der Waals surface area contributed by atoms with Gasteiger partial charge in [0.1, 0.15) is 0 Å². The summed E-state index contributed by atoms with van der Waals surface area (Å²) in [4.78, 5) is 36.8. The number of nitrogens with zero attached hydrogens (tertiary/aromatic N) is 1. The van der Waals surface area contributed by atoms with Crippen molar-refractivity contribution in [1.82, 2.24) is 10.6 Å². The molecule has 0 radical (unpaired) electrons. The molecule has 7 nitrogen and oxygen atoms in total. The van der Waals surface area contributed by atoms with E-state index in [0.717, 1.165) is 5.69 Å². The van der Waals surface area contributed by atoms with Crippen LogP contribution in [0.4, 0.5) is 16.2 Å². The Bertz CT molecular complexity index is 605. The van der Waals surface area contributed by atoms with Crippen LogP contribution in [0, 0.1) is 5.41 Å². The van der Waals surface area contributed by atoms with Crippen LogP contribution in [0.5, 0.6) is 0 Å².